The molecule has 4 rings (SSSR count). The lowest BCUT2D eigenvalue weighted by molar-refractivity contribution is -0.126. The quantitative estimate of drug-likeness (QED) is 0.783. The molecule has 2 amide bonds. The van der Waals surface area contributed by atoms with Crippen molar-refractivity contribution in [1.29, 1.82) is 0 Å². The molecule has 2 aliphatic heterocycles. The fraction of sp³-hybridized carbons (Fsp3) is 0.364. The minimum Gasteiger partial charge on any atom is -0.371 e. The first-order chi connectivity index (χ1) is 13.6. The third-order valence-electron chi connectivity index (χ3n) is 5.53. The molecule has 1 atom stereocenters. The highest BCUT2D eigenvalue weighted by atomic mass is 19.1. The van der Waals surface area contributed by atoms with Gasteiger partial charge in [-0.05, 0) is 36.6 Å². The Morgan fingerprint density at radius 2 is 1.86 bits per heavy atom. The SMILES string of the molecule is O=C(NCCCN1CCc2ccccc21)[C@H]1CC(=O)N(c2ccccc2F)C1. The number of benzene rings is 2. The fourth-order valence-electron chi connectivity index (χ4n) is 4.05. The highest BCUT2D eigenvalue weighted by Crippen LogP contribution is 2.28. The van der Waals surface area contributed by atoms with Crippen LogP contribution in [0.1, 0.15) is 18.4 Å². The van der Waals surface area contributed by atoms with E-state index in [0.717, 1.165) is 25.9 Å². The summed E-state index contributed by atoms with van der Waals surface area (Å²) in [6.07, 6.45) is 2.04. The summed E-state index contributed by atoms with van der Waals surface area (Å²) in [7, 11) is 0. The Labute approximate surface area is 164 Å². The Morgan fingerprint density at radius 3 is 2.68 bits per heavy atom. The van der Waals surface area contributed by atoms with Crippen molar-refractivity contribution < 1.29 is 14.0 Å². The molecular formula is C22H24FN3O2. The minimum atomic E-state index is -0.442. The molecule has 0 aliphatic carbocycles. The first kappa shape index (κ1) is 18.5. The van der Waals surface area contributed by atoms with Gasteiger partial charge >= 0.3 is 0 Å². The average molecular weight is 381 g/mol. The second-order valence-electron chi connectivity index (χ2n) is 7.37. The van der Waals surface area contributed by atoms with Gasteiger partial charge in [0.25, 0.3) is 0 Å². The predicted molar refractivity (Wildman–Crippen MR) is 107 cm³/mol. The molecule has 2 aliphatic rings. The molecule has 0 spiro atoms. The van der Waals surface area contributed by atoms with E-state index in [1.54, 1.807) is 18.2 Å². The number of rotatable bonds is 6. The number of amides is 2. The largest absolute Gasteiger partial charge is 0.371 e. The zero-order valence-electron chi connectivity index (χ0n) is 15.7. The highest BCUT2D eigenvalue weighted by molar-refractivity contribution is 6.00. The molecule has 1 N–H and O–H groups in total. The van der Waals surface area contributed by atoms with Crippen LogP contribution in [-0.4, -0.2) is 38.0 Å². The van der Waals surface area contributed by atoms with Crippen molar-refractivity contribution in [3.63, 3.8) is 0 Å². The zero-order chi connectivity index (χ0) is 19.5. The van der Waals surface area contributed by atoms with Gasteiger partial charge in [0, 0.05) is 38.3 Å². The fourth-order valence-corrected chi connectivity index (χ4v) is 4.05. The van der Waals surface area contributed by atoms with E-state index < -0.39 is 11.7 Å². The highest BCUT2D eigenvalue weighted by Gasteiger charge is 2.35. The number of hydrogen-bond acceptors (Lipinski definition) is 3. The van der Waals surface area contributed by atoms with Crippen LogP contribution >= 0.6 is 0 Å². The molecular weight excluding hydrogens is 357 g/mol. The number of nitrogens with one attached hydrogen (secondary N) is 1. The van der Waals surface area contributed by atoms with Crippen LogP contribution in [0.15, 0.2) is 48.5 Å². The van der Waals surface area contributed by atoms with Crippen molar-refractivity contribution in [1.82, 2.24) is 5.32 Å². The molecule has 2 heterocycles. The van der Waals surface area contributed by atoms with Gasteiger partial charge in [-0.1, -0.05) is 30.3 Å². The Morgan fingerprint density at radius 1 is 1.11 bits per heavy atom. The molecule has 0 radical (unpaired) electrons. The van der Waals surface area contributed by atoms with Crippen LogP contribution in [-0.2, 0) is 16.0 Å². The Bertz CT molecular complexity index is 886. The summed E-state index contributed by atoms with van der Waals surface area (Å²) in [5, 5.41) is 2.94. The van der Waals surface area contributed by atoms with Crippen molar-refractivity contribution in [2.24, 2.45) is 5.92 Å². The van der Waals surface area contributed by atoms with Crippen LogP contribution in [0.2, 0.25) is 0 Å². The number of carbonyl (C=O) groups excluding carboxylic acids is 2. The molecule has 2 aromatic rings. The topological polar surface area (TPSA) is 52.7 Å². The number of para-hydroxylation sites is 2. The van der Waals surface area contributed by atoms with Crippen LogP contribution in [0.4, 0.5) is 15.8 Å². The van der Waals surface area contributed by atoms with Gasteiger partial charge in [-0.15, -0.1) is 0 Å². The predicted octanol–water partition coefficient (Wildman–Crippen LogP) is 2.75. The number of fused-ring (bicyclic) bond motifs is 1. The number of carbonyl (C=O) groups is 2. The van der Waals surface area contributed by atoms with Gasteiger partial charge in [-0.2, -0.15) is 0 Å². The molecule has 0 saturated carbocycles. The van der Waals surface area contributed by atoms with Crippen LogP contribution in [0.3, 0.4) is 0 Å². The lowest BCUT2D eigenvalue weighted by atomic mass is 10.1. The standard InChI is InChI=1S/C22H24FN3O2/c23-18-7-2-4-9-20(18)26-15-17(14-21(26)27)22(28)24-11-5-12-25-13-10-16-6-1-3-8-19(16)25/h1-4,6-9,17H,5,10-15H2,(H,24,28)/t17-/m0/s1. The third-order valence-corrected chi connectivity index (χ3v) is 5.53. The summed E-state index contributed by atoms with van der Waals surface area (Å²) in [5.41, 5.74) is 2.91. The normalized spacial score (nSPS) is 18.5. The summed E-state index contributed by atoms with van der Waals surface area (Å²) in [5.74, 6) is -1.21. The minimum absolute atomic E-state index is 0.125. The Hall–Kier alpha value is -2.89. The summed E-state index contributed by atoms with van der Waals surface area (Å²) in [6, 6.07) is 14.6. The maximum Gasteiger partial charge on any atom is 0.227 e. The van der Waals surface area contributed by atoms with E-state index in [-0.39, 0.29) is 30.5 Å². The molecule has 28 heavy (non-hydrogen) atoms. The number of anilines is 2. The maximum absolute atomic E-state index is 13.9. The van der Waals surface area contributed by atoms with E-state index in [1.165, 1.54) is 22.2 Å². The molecule has 0 aromatic heterocycles. The van der Waals surface area contributed by atoms with E-state index in [1.807, 2.05) is 0 Å². The zero-order valence-corrected chi connectivity index (χ0v) is 15.7. The van der Waals surface area contributed by atoms with Crippen molar-refractivity contribution in [3.05, 3.63) is 59.9 Å². The van der Waals surface area contributed by atoms with Gasteiger partial charge in [-0.25, -0.2) is 4.39 Å². The van der Waals surface area contributed by atoms with Gasteiger partial charge in [0.05, 0.1) is 11.6 Å². The monoisotopic (exact) mass is 381 g/mol. The van der Waals surface area contributed by atoms with Gasteiger partial charge < -0.3 is 15.1 Å². The molecule has 1 fully saturated rings. The number of halogens is 1. The van der Waals surface area contributed by atoms with E-state index in [0.29, 0.717) is 6.54 Å². The molecule has 6 heteroatoms. The number of hydrogen-bond donors (Lipinski definition) is 1. The molecule has 0 bridgehead atoms. The van der Waals surface area contributed by atoms with Crippen molar-refractivity contribution in [2.75, 3.05) is 36.0 Å². The second-order valence-corrected chi connectivity index (χ2v) is 7.37. The van der Waals surface area contributed by atoms with Crippen molar-refractivity contribution >= 4 is 23.2 Å². The van der Waals surface area contributed by atoms with Gasteiger partial charge in [-0.3, -0.25) is 9.59 Å². The lowest BCUT2D eigenvalue weighted by Crippen LogP contribution is -2.35. The third kappa shape index (κ3) is 3.72. The van der Waals surface area contributed by atoms with Crippen LogP contribution < -0.4 is 15.1 Å². The van der Waals surface area contributed by atoms with Crippen molar-refractivity contribution in [3.8, 4) is 0 Å². The van der Waals surface area contributed by atoms with E-state index in [9.17, 15) is 14.0 Å². The van der Waals surface area contributed by atoms with Crippen LogP contribution in [0, 0.1) is 11.7 Å². The van der Waals surface area contributed by atoms with Gasteiger partial charge in [0.15, 0.2) is 0 Å². The van der Waals surface area contributed by atoms with Gasteiger partial charge in [0.1, 0.15) is 5.82 Å². The Kier molecular flexibility index (Phi) is 5.28. The summed E-state index contributed by atoms with van der Waals surface area (Å²) in [4.78, 5) is 28.4. The summed E-state index contributed by atoms with van der Waals surface area (Å²) in [6.45, 7) is 2.71. The summed E-state index contributed by atoms with van der Waals surface area (Å²) >= 11 is 0. The number of nitrogens with zero attached hydrogens (tertiary/aromatic N) is 2. The average Bonchev–Trinajstić information content (AvgIpc) is 3.29. The first-order valence-corrected chi connectivity index (χ1v) is 9.79. The smallest absolute Gasteiger partial charge is 0.227 e. The van der Waals surface area contributed by atoms with E-state index in [4.69, 9.17) is 0 Å². The van der Waals surface area contributed by atoms with Gasteiger partial charge in [0.2, 0.25) is 11.8 Å². The summed E-state index contributed by atoms with van der Waals surface area (Å²) < 4.78 is 13.9. The maximum atomic E-state index is 13.9. The van der Waals surface area contributed by atoms with E-state index in [2.05, 4.69) is 34.5 Å². The molecule has 5 nitrogen and oxygen atoms in total. The van der Waals surface area contributed by atoms with E-state index >= 15 is 0 Å². The molecule has 0 unspecified atom stereocenters. The van der Waals surface area contributed by atoms with Crippen LogP contribution in [0.5, 0.6) is 0 Å². The Balaban J connectivity index is 1.25. The first-order valence-electron chi connectivity index (χ1n) is 9.79. The molecule has 1 saturated heterocycles. The van der Waals surface area contributed by atoms with Crippen molar-refractivity contribution in [2.45, 2.75) is 19.3 Å². The van der Waals surface area contributed by atoms with Crippen LogP contribution in [0.25, 0.3) is 0 Å². The second kappa shape index (κ2) is 8.00. The lowest BCUT2D eigenvalue weighted by Gasteiger charge is -2.20. The molecule has 2 aromatic carbocycles. The molecule has 146 valence electrons.